The number of aryl methyl sites for hydroxylation is 2. The molecule has 0 aliphatic heterocycles. The number of ether oxygens (including phenoxy) is 2. The number of benzene rings is 2. The van der Waals surface area contributed by atoms with Gasteiger partial charge in [0.15, 0.2) is 0 Å². The van der Waals surface area contributed by atoms with Crippen molar-refractivity contribution in [2.75, 3.05) is 14.2 Å². The average molecular weight is 409 g/mol. The van der Waals surface area contributed by atoms with Gasteiger partial charge >= 0.3 is 6.03 Å². The van der Waals surface area contributed by atoms with Crippen molar-refractivity contribution in [2.24, 2.45) is 7.05 Å². The van der Waals surface area contributed by atoms with Gasteiger partial charge in [0.2, 0.25) is 0 Å². The van der Waals surface area contributed by atoms with Crippen LogP contribution in [0.2, 0.25) is 0 Å². The normalized spacial score (nSPS) is 12.7. The van der Waals surface area contributed by atoms with Gasteiger partial charge in [-0.05, 0) is 26.0 Å². The van der Waals surface area contributed by atoms with Crippen molar-refractivity contribution in [3.8, 4) is 11.5 Å². The first-order chi connectivity index (χ1) is 14.4. The van der Waals surface area contributed by atoms with Gasteiger partial charge in [0.25, 0.3) is 0 Å². The van der Waals surface area contributed by atoms with Crippen LogP contribution in [0.25, 0.3) is 0 Å². The number of carbonyl (C=O) groups excluding carboxylic acids is 1. The van der Waals surface area contributed by atoms with Crippen molar-refractivity contribution >= 4 is 6.03 Å². The van der Waals surface area contributed by atoms with Crippen LogP contribution >= 0.6 is 0 Å². The molecule has 0 aliphatic rings. The molecule has 1 heterocycles. The smallest absolute Gasteiger partial charge is 0.316 e. The molecule has 2 N–H and O–H groups in total. The Balaban J connectivity index is 1.86. The van der Waals surface area contributed by atoms with Crippen LogP contribution in [0.3, 0.4) is 0 Å². The summed E-state index contributed by atoms with van der Waals surface area (Å²) in [7, 11) is 5.13. The van der Waals surface area contributed by atoms with Crippen molar-refractivity contribution in [1.82, 2.24) is 20.2 Å². The summed E-state index contributed by atoms with van der Waals surface area (Å²) < 4.78 is 12.9. The largest absolute Gasteiger partial charge is 0.496 e. The molecule has 0 aliphatic carbocycles. The van der Waals surface area contributed by atoms with Crippen LogP contribution < -0.4 is 20.1 Å². The number of para-hydroxylation sites is 1. The highest BCUT2D eigenvalue weighted by Gasteiger charge is 2.25. The van der Waals surface area contributed by atoms with Crippen molar-refractivity contribution in [3.63, 3.8) is 0 Å². The molecule has 2 atom stereocenters. The minimum Gasteiger partial charge on any atom is -0.496 e. The van der Waals surface area contributed by atoms with Gasteiger partial charge in [-0.3, -0.25) is 0 Å². The number of methoxy groups -OCH3 is 2. The van der Waals surface area contributed by atoms with Gasteiger partial charge in [-0.15, -0.1) is 0 Å². The fraction of sp³-hybridized carbons (Fsp3) is 0.304. The molecule has 0 saturated carbocycles. The third-order valence-electron chi connectivity index (χ3n) is 5.04. The Labute approximate surface area is 177 Å². The molecule has 0 saturated heterocycles. The average Bonchev–Trinajstić information content (AvgIpc) is 3.17. The van der Waals surface area contributed by atoms with E-state index in [-0.39, 0.29) is 12.1 Å². The Morgan fingerprint density at radius 2 is 1.73 bits per heavy atom. The molecule has 2 aromatic carbocycles. The molecule has 2 amide bonds. The lowest BCUT2D eigenvalue weighted by atomic mass is 10.0. The maximum absolute atomic E-state index is 13.0. The van der Waals surface area contributed by atoms with E-state index in [2.05, 4.69) is 15.6 Å². The first kappa shape index (κ1) is 21.2. The zero-order valence-electron chi connectivity index (χ0n) is 18.0. The maximum atomic E-state index is 13.0. The van der Waals surface area contributed by atoms with Crippen LogP contribution in [-0.4, -0.2) is 29.8 Å². The van der Waals surface area contributed by atoms with E-state index in [4.69, 9.17) is 9.47 Å². The van der Waals surface area contributed by atoms with Gasteiger partial charge in [-0.25, -0.2) is 9.78 Å². The van der Waals surface area contributed by atoms with Gasteiger partial charge in [-0.1, -0.05) is 35.9 Å². The maximum Gasteiger partial charge on any atom is 0.316 e. The minimum absolute atomic E-state index is 0.250. The molecule has 0 radical (unpaired) electrons. The summed E-state index contributed by atoms with van der Waals surface area (Å²) in [6.45, 7) is 3.93. The summed E-state index contributed by atoms with van der Waals surface area (Å²) >= 11 is 0. The molecule has 0 unspecified atom stereocenters. The van der Waals surface area contributed by atoms with Crippen LogP contribution in [0.15, 0.2) is 54.9 Å². The van der Waals surface area contributed by atoms with Gasteiger partial charge in [0.05, 0.1) is 20.3 Å². The fourth-order valence-electron chi connectivity index (χ4n) is 3.48. The number of rotatable bonds is 7. The van der Waals surface area contributed by atoms with E-state index < -0.39 is 6.04 Å². The molecule has 158 valence electrons. The predicted molar refractivity (Wildman–Crippen MR) is 116 cm³/mol. The second kappa shape index (κ2) is 9.35. The zero-order chi connectivity index (χ0) is 21.7. The van der Waals surface area contributed by atoms with E-state index in [9.17, 15) is 4.79 Å². The highest BCUT2D eigenvalue weighted by Crippen LogP contribution is 2.30. The van der Waals surface area contributed by atoms with Crippen LogP contribution in [0.1, 0.15) is 41.5 Å². The number of nitrogens with one attached hydrogen (secondary N) is 2. The molecule has 0 bridgehead atoms. The number of carbonyl (C=O) groups is 1. The van der Waals surface area contributed by atoms with Gasteiger partial charge < -0.3 is 24.7 Å². The summed E-state index contributed by atoms with van der Waals surface area (Å²) in [6.07, 6.45) is 3.55. The van der Waals surface area contributed by atoms with Crippen molar-refractivity contribution in [2.45, 2.75) is 25.9 Å². The van der Waals surface area contributed by atoms with Gasteiger partial charge in [0, 0.05) is 30.6 Å². The number of aromatic nitrogens is 2. The van der Waals surface area contributed by atoms with Gasteiger partial charge in [0.1, 0.15) is 23.4 Å². The Morgan fingerprint density at radius 1 is 1.03 bits per heavy atom. The molecule has 30 heavy (non-hydrogen) atoms. The number of nitrogens with zero attached hydrogens (tertiary/aromatic N) is 2. The highest BCUT2D eigenvalue weighted by atomic mass is 16.5. The van der Waals surface area contributed by atoms with E-state index in [0.29, 0.717) is 11.6 Å². The second-order valence-corrected chi connectivity index (χ2v) is 7.16. The van der Waals surface area contributed by atoms with Crippen molar-refractivity contribution in [1.29, 1.82) is 0 Å². The Bertz CT molecular complexity index is 1020. The quantitative estimate of drug-likeness (QED) is 0.622. The molecule has 0 fully saturated rings. The van der Waals surface area contributed by atoms with E-state index in [1.807, 2.05) is 74.1 Å². The van der Waals surface area contributed by atoms with Crippen LogP contribution in [0.4, 0.5) is 4.79 Å². The Hall–Kier alpha value is -3.48. The van der Waals surface area contributed by atoms with Gasteiger partial charge in [-0.2, -0.15) is 0 Å². The monoisotopic (exact) mass is 408 g/mol. The summed E-state index contributed by atoms with van der Waals surface area (Å²) in [5.74, 6) is 2.12. The first-order valence-corrected chi connectivity index (χ1v) is 9.76. The molecule has 1 aromatic heterocycles. The van der Waals surface area contributed by atoms with E-state index >= 15 is 0 Å². The van der Waals surface area contributed by atoms with Crippen LogP contribution in [0, 0.1) is 6.92 Å². The third kappa shape index (κ3) is 4.56. The summed E-state index contributed by atoms with van der Waals surface area (Å²) in [6, 6.07) is 12.5. The highest BCUT2D eigenvalue weighted by molar-refractivity contribution is 5.75. The summed E-state index contributed by atoms with van der Waals surface area (Å²) in [5, 5.41) is 6.06. The standard InChI is InChI=1S/C23H28N4O3/c1-15-10-11-20(30-5)18(14-15)16(2)25-23(28)26-21(22-24-12-13-27(22)3)17-8-6-7-9-19(17)29-4/h6-14,16,21H,1-5H3,(H2,25,26,28)/t16-,21-/m1/s1. The summed E-state index contributed by atoms with van der Waals surface area (Å²) in [4.78, 5) is 17.4. The minimum atomic E-state index is -0.479. The number of hydrogen-bond acceptors (Lipinski definition) is 4. The van der Waals surface area contributed by atoms with E-state index in [1.54, 1.807) is 20.4 Å². The lowest BCUT2D eigenvalue weighted by Crippen LogP contribution is -2.40. The number of urea groups is 1. The zero-order valence-corrected chi connectivity index (χ0v) is 18.0. The molecule has 0 spiro atoms. The fourth-order valence-corrected chi connectivity index (χ4v) is 3.48. The summed E-state index contributed by atoms with van der Waals surface area (Å²) in [5.41, 5.74) is 2.84. The predicted octanol–water partition coefficient (Wildman–Crippen LogP) is 3.90. The van der Waals surface area contributed by atoms with E-state index in [0.717, 1.165) is 22.4 Å². The lowest BCUT2D eigenvalue weighted by Gasteiger charge is -2.23. The van der Waals surface area contributed by atoms with Crippen LogP contribution in [0.5, 0.6) is 11.5 Å². The number of hydrogen-bond donors (Lipinski definition) is 2. The van der Waals surface area contributed by atoms with Crippen LogP contribution in [-0.2, 0) is 7.05 Å². The Morgan fingerprint density at radius 3 is 2.40 bits per heavy atom. The number of imidazole rings is 1. The van der Waals surface area contributed by atoms with Crippen molar-refractivity contribution in [3.05, 3.63) is 77.4 Å². The van der Waals surface area contributed by atoms with Crippen molar-refractivity contribution < 1.29 is 14.3 Å². The topological polar surface area (TPSA) is 77.4 Å². The molecule has 3 aromatic rings. The lowest BCUT2D eigenvalue weighted by molar-refractivity contribution is 0.234. The Kier molecular flexibility index (Phi) is 6.61. The SMILES string of the molecule is COc1ccccc1[C@@H](NC(=O)N[C@H](C)c1cc(C)ccc1OC)c1nccn1C. The number of amides is 2. The van der Waals surface area contributed by atoms with E-state index in [1.165, 1.54) is 0 Å². The molecular formula is C23H28N4O3. The third-order valence-corrected chi connectivity index (χ3v) is 5.04. The molecule has 7 nitrogen and oxygen atoms in total. The molecule has 7 heteroatoms. The first-order valence-electron chi connectivity index (χ1n) is 9.76. The second-order valence-electron chi connectivity index (χ2n) is 7.16. The molecular weight excluding hydrogens is 380 g/mol. The molecule has 3 rings (SSSR count).